The van der Waals surface area contributed by atoms with E-state index in [1.54, 1.807) is 26.8 Å². The Kier molecular flexibility index (Phi) is 6.92. The van der Waals surface area contributed by atoms with Crippen LogP contribution in [0.5, 0.6) is 0 Å². The van der Waals surface area contributed by atoms with Crippen LogP contribution < -0.4 is 16.0 Å². The minimum absolute atomic E-state index is 0.126. The van der Waals surface area contributed by atoms with Gasteiger partial charge >= 0.3 is 18.1 Å². The molecule has 3 N–H and O–H groups in total. The van der Waals surface area contributed by atoms with Crippen LogP contribution >= 0.6 is 0 Å². The number of imide groups is 1. The molecular weight excluding hydrogens is 330 g/mol. The zero-order valence-electron chi connectivity index (χ0n) is 14.5. The average Bonchev–Trinajstić information content (AvgIpc) is 2.50. The summed E-state index contributed by atoms with van der Waals surface area (Å²) in [7, 11) is 1.35. The fraction of sp³-hybridized carbons (Fsp3) is 0.375. The number of hydrogen-bond donors (Lipinski definition) is 3. The highest BCUT2D eigenvalue weighted by atomic mass is 16.6. The number of ether oxygens (including phenoxy) is 2. The topological polar surface area (TPSA) is 123 Å². The summed E-state index contributed by atoms with van der Waals surface area (Å²) in [5, 5.41) is 6.64. The number of amides is 4. The lowest BCUT2D eigenvalue weighted by Gasteiger charge is -2.19. The molecule has 4 amide bonds. The number of rotatable bonds is 4. The second-order valence-electron chi connectivity index (χ2n) is 5.91. The van der Waals surface area contributed by atoms with Crippen molar-refractivity contribution < 1.29 is 28.7 Å². The molecule has 0 unspecified atom stereocenters. The lowest BCUT2D eigenvalue weighted by Crippen LogP contribution is -2.39. The number of anilines is 1. The summed E-state index contributed by atoms with van der Waals surface area (Å²) in [5.74, 6) is -1.55. The molecule has 9 heteroatoms. The molecule has 0 spiro atoms. The van der Waals surface area contributed by atoms with Crippen molar-refractivity contribution in [3.63, 3.8) is 0 Å². The van der Waals surface area contributed by atoms with Gasteiger partial charge in [0.2, 0.25) is 0 Å². The van der Waals surface area contributed by atoms with Crippen LogP contribution in [0.3, 0.4) is 0 Å². The number of benzene rings is 1. The predicted octanol–water partition coefficient (Wildman–Crippen LogP) is 1.65. The van der Waals surface area contributed by atoms with Gasteiger partial charge in [0, 0.05) is 12.7 Å². The lowest BCUT2D eigenvalue weighted by atomic mass is 10.2. The molecule has 1 aromatic carbocycles. The van der Waals surface area contributed by atoms with E-state index >= 15 is 0 Å². The van der Waals surface area contributed by atoms with E-state index < -0.39 is 36.2 Å². The molecule has 0 saturated carbocycles. The molecule has 0 aliphatic rings. The second-order valence-corrected chi connectivity index (χ2v) is 5.91. The Hall–Kier alpha value is -3.10. The van der Waals surface area contributed by atoms with Gasteiger partial charge in [0.1, 0.15) is 5.60 Å². The molecule has 0 aromatic heterocycles. The van der Waals surface area contributed by atoms with Crippen LogP contribution in [-0.2, 0) is 14.3 Å². The smallest absolute Gasteiger partial charge is 0.412 e. The van der Waals surface area contributed by atoms with E-state index in [2.05, 4.69) is 10.6 Å². The van der Waals surface area contributed by atoms with Crippen molar-refractivity contribution in [1.82, 2.24) is 10.6 Å². The third kappa shape index (κ3) is 7.82. The number of carbonyl (C=O) groups is 4. The summed E-state index contributed by atoms with van der Waals surface area (Å²) in [6.07, 6.45) is -0.664. The van der Waals surface area contributed by atoms with Crippen molar-refractivity contribution in [2.24, 2.45) is 0 Å². The number of carbonyl (C=O) groups excluding carboxylic acids is 4. The molecule has 136 valence electrons. The molecule has 9 nitrogen and oxygen atoms in total. The van der Waals surface area contributed by atoms with Crippen LogP contribution in [0.2, 0.25) is 0 Å². The van der Waals surface area contributed by atoms with Gasteiger partial charge in [-0.05, 0) is 39.0 Å². The molecule has 0 heterocycles. The first-order valence-electron chi connectivity index (χ1n) is 7.39. The highest BCUT2D eigenvalue weighted by molar-refractivity contribution is 5.97. The van der Waals surface area contributed by atoms with E-state index in [-0.39, 0.29) is 5.56 Å². The Balaban J connectivity index is 2.61. The summed E-state index contributed by atoms with van der Waals surface area (Å²) in [4.78, 5) is 46.0. The third-order valence-electron chi connectivity index (χ3n) is 2.56. The van der Waals surface area contributed by atoms with Crippen molar-refractivity contribution >= 4 is 29.7 Å². The normalized spacial score (nSPS) is 10.4. The summed E-state index contributed by atoms with van der Waals surface area (Å²) in [6.45, 7) is 4.56. The zero-order valence-corrected chi connectivity index (χ0v) is 14.5. The minimum atomic E-state index is -0.778. The molecule has 0 aliphatic heterocycles. The van der Waals surface area contributed by atoms with E-state index in [1.807, 2.05) is 5.32 Å². The summed E-state index contributed by atoms with van der Waals surface area (Å²) in [5.41, 5.74) is -0.196. The fourth-order valence-electron chi connectivity index (χ4n) is 1.59. The zero-order chi connectivity index (χ0) is 19.0. The summed E-state index contributed by atoms with van der Waals surface area (Å²) < 4.78 is 9.91. The first-order chi connectivity index (χ1) is 11.6. The van der Waals surface area contributed by atoms with E-state index in [0.717, 1.165) is 0 Å². The lowest BCUT2D eigenvalue weighted by molar-refractivity contribution is -0.123. The van der Waals surface area contributed by atoms with Crippen molar-refractivity contribution in [2.45, 2.75) is 26.4 Å². The molecular formula is C16H21N3O6. The maximum absolute atomic E-state index is 11.9. The average molecular weight is 351 g/mol. The Morgan fingerprint density at radius 3 is 2.40 bits per heavy atom. The molecule has 1 rings (SSSR count). The molecule has 25 heavy (non-hydrogen) atoms. The van der Waals surface area contributed by atoms with Gasteiger partial charge in [0.25, 0.3) is 5.91 Å². The number of nitrogens with one attached hydrogen (secondary N) is 3. The van der Waals surface area contributed by atoms with Gasteiger partial charge in [-0.1, -0.05) is 6.07 Å². The van der Waals surface area contributed by atoms with Crippen molar-refractivity contribution in [3.8, 4) is 0 Å². The predicted molar refractivity (Wildman–Crippen MR) is 89.2 cm³/mol. The van der Waals surface area contributed by atoms with Crippen molar-refractivity contribution in [2.75, 3.05) is 19.0 Å². The Labute approximate surface area is 145 Å². The van der Waals surface area contributed by atoms with Crippen LogP contribution in [-0.4, -0.2) is 43.3 Å². The van der Waals surface area contributed by atoms with Gasteiger partial charge in [-0.15, -0.1) is 0 Å². The van der Waals surface area contributed by atoms with Crippen LogP contribution in [0, 0.1) is 0 Å². The Bertz CT molecular complexity index is 666. The Morgan fingerprint density at radius 2 is 1.80 bits per heavy atom. The van der Waals surface area contributed by atoms with Crippen LogP contribution in [0.25, 0.3) is 0 Å². The SMILES string of the molecule is CNC(=O)NC(=O)COC(=O)c1cccc(NC(=O)OC(C)(C)C)c1. The van der Waals surface area contributed by atoms with Crippen LogP contribution in [0.4, 0.5) is 15.3 Å². The molecule has 0 aliphatic carbocycles. The molecule has 0 saturated heterocycles. The highest BCUT2D eigenvalue weighted by Crippen LogP contribution is 2.14. The number of hydrogen-bond acceptors (Lipinski definition) is 6. The first-order valence-corrected chi connectivity index (χ1v) is 7.39. The van der Waals surface area contributed by atoms with Gasteiger partial charge in [-0.3, -0.25) is 15.4 Å². The van der Waals surface area contributed by atoms with E-state index in [1.165, 1.54) is 25.2 Å². The van der Waals surface area contributed by atoms with Gasteiger partial charge in [0.15, 0.2) is 6.61 Å². The van der Waals surface area contributed by atoms with Crippen molar-refractivity contribution in [3.05, 3.63) is 29.8 Å². The largest absolute Gasteiger partial charge is 0.452 e. The van der Waals surface area contributed by atoms with Gasteiger partial charge < -0.3 is 14.8 Å². The number of esters is 1. The second kappa shape index (κ2) is 8.67. The molecule has 0 bridgehead atoms. The third-order valence-corrected chi connectivity index (χ3v) is 2.56. The summed E-state index contributed by atoms with van der Waals surface area (Å²) in [6, 6.07) is 5.24. The van der Waals surface area contributed by atoms with Crippen LogP contribution in [0.1, 0.15) is 31.1 Å². The van der Waals surface area contributed by atoms with Gasteiger partial charge in [-0.2, -0.15) is 0 Å². The van der Waals surface area contributed by atoms with Gasteiger partial charge in [-0.25, -0.2) is 14.4 Å². The quantitative estimate of drug-likeness (QED) is 0.709. The van der Waals surface area contributed by atoms with E-state index in [0.29, 0.717) is 5.69 Å². The Morgan fingerprint density at radius 1 is 1.12 bits per heavy atom. The summed E-state index contributed by atoms with van der Waals surface area (Å²) >= 11 is 0. The standard InChI is InChI=1S/C16H21N3O6/c1-16(2,3)25-15(23)18-11-7-5-6-10(8-11)13(21)24-9-12(20)19-14(22)17-4/h5-8H,9H2,1-4H3,(H,18,23)(H2,17,19,20,22). The van der Waals surface area contributed by atoms with E-state index in [9.17, 15) is 19.2 Å². The molecule has 0 radical (unpaired) electrons. The minimum Gasteiger partial charge on any atom is -0.452 e. The molecule has 0 fully saturated rings. The highest BCUT2D eigenvalue weighted by Gasteiger charge is 2.17. The maximum atomic E-state index is 11.9. The molecule has 0 atom stereocenters. The fourth-order valence-corrected chi connectivity index (χ4v) is 1.59. The van der Waals surface area contributed by atoms with Crippen molar-refractivity contribution in [1.29, 1.82) is 0 Å². The first kappa shape index (κ1) is 19.9. The number of urea groups is 1. The monoisotopic (exact) mass is 351 g/mol. The maximum Gasteiger partial charge on any atom is 0.412 e. The van der Waals surface area contributed by atoms with E-state index in [4.69, 9.17) is 9.47 Å². The van der Waals surface area contributed by atoms with Crippen LogP contribution in [0.15, 0.2) is 24.3 Å². The van der Waals surface area contributed by atoms with Gasteiger partial charge in [0.05, 0.1) is 5.56 Å². The molecule has 1 aromatic rings.